The largest absolute Gasteiger partial charge is 0.376 e. The molecule has 0 aromatic heterocycles. The molecule has 1 amide bonds. The Morgan fingerprint density at radius 3 is 2.69 bits per heavy atom. The minimum atomic E-state index is 0.0729. The highest BCUT2D eigenvalue weighted by atomic mass is 16.5. The molecule has 0 atom stereocenters. The van der Waals surface area contributed by atoms with Crippen LogP contribution in [0.1, 0.15) is 33.1 Å². The van der Waals surface area contributed by atoms with Crippen LogP contribution in [0.3, 0.4) is 0 Å². The van der Waals surface area contributed by atoms with Gasteiger partial charge in [-0.25, -0.2) is 0 Å². The van der Waals surface area contributed by atoms with E-state index in [1.54, 1.807) is 0 Å². The van der Waals surface area contributed by atoms with E-state index in [1.807, 2.05) is 13.8 Å². The Bertz CT molecular complexity index is 164. The van der Waals surface area contributed by atoms with E-state index in [-0.39, 0.29) is 11.8 Å². The maximum absolute atomic E-state index is 11.1. The van der Waals surface area contributed by atoms with Crippen LogP contribution in [0.25, 0.3) is 0 Å². The summed E-state index contributed by atoms with van der Waals surface area (Å²) >= 11 is 0. The number of hydrogen-bond donors (Lipinski definition) is 1. The van der Waals surface area contributed by atoms with E-state index >= 15 is 0 Å². The van der Waals surface area contributed by atoms with Crippen LogP contribution in [0.2, 0.25) is 0 Å². The highest BCUT2D eigenvalue weighted by Crippen LogP contribution is 2.21. The molecule has 0 spiro atoms. The molecule has 0 unspecified atom stereocenters. The Morgan fingerprint density at radius 1 is 1.54 bits per heavy atom. The van der Waals surface area contributed by atoms with E-state index in [0.717, 1.165) is 0 Å². The van der Waals surface area contributed by atoms with Gasteiger partial charge in [0.05, 0.1) is 12.7 Å². The molecule has 13 heavy (non-hydrogen) atoms. The quantitative estimate of drug-likeness (QED) is 0.656. The predicted molar refractivity (Wildman–Crippen MR) is 51.4 cm³/mol. The number of ether oxygens (including phenoxy) is 1. The molecule has 3 nitrogen and oxygen atoms in total. The van der Waals surface area contributed by atoms with Gasteiger partial charge in [0.1, 0.15) is 0 Å². The number of carbonyl (C=O) groups excluding carboxylic acids is 1. The van der Waals surface area contributed by atoms with Gasteiger partial charge in [-0.3, -0.25) is 4.79 Å². The smallest absolute Gasteiger partial charge is 0.222 e. The van der Waals surface area contributed by atoms with Crippen molar-refractivity contribution in [2.24, 2.45) is 5.92 Å². The van der Waals surface area contributed by atoms with Crippen molar-refractivity contribution in [3.05, 3.63) is 0 Å². The molecular weight excluding hydrogens is 166 g/mol. The van der Waals surface area contributed by atoms with Crippen molar-refractivity contribution in [2.75, 3.05) is 13.2 Å². The third kappa shape index (κ3) is 3.77. The van der Waals surface area contributed by atoms with Crippen molar-refractivity contribution < 1.29 is 9.53 Å². The second-order valence-electron chi connectivity index (χ2n) is 3.87. The lowest BCUT2D eigenvalue weighted by molar-refractivity contribution is -0.124. The SMILES string of the molecule is CC(C)C(=O)NCCOC1CCC1. The number of hydrogen-bond acceptors (Lipinski definition) is 2. The Balaban J connectivity index is 1.91. The van der Waals surface area contributed by atoms with Crippen LogP contribution in [-0.2, 0) is 9.53 Å². The van der Waals surface area contributed by atoms with Crippen LogP contribution in [-0.4, -0.2) is 25.2 Å². The maximum Gasteiger partial charge on any atom is 0.222 e. The molecule has 1 aliphatic carbocycles. The summed E-state index contributed by atoms with van der Waals surface area (Å²) in [5.41, 5.74) is 0. The molecule has 1 rings (SSSR count). The zero-order chi connectivity index (χ0) is 9.68. The van der Waals surface area contributed by atoms with Gasteiger partial charge in [-0.1, -0.05) is 13.8 Å². The van der Waals surface area contributed by atoms with E-state index in [9.17, 15) is 4.79 Å². The summed E-state index contributed by atoms with van der Waals surface area (Å²) in [5.74, 6) is 0.181. The number of rotatable bonds is 5. The van der Waals surface area contributed by atoms with Gasteiger partial charge in [0.25, 0.3) is 0 Å². The molecule has 0 heterocycles. The molecule has 1 aliphatic rings. The first-order chi connectivity index (χ1) is 6.20. The van der Waals surface area contributed by atoms with Crippen molar-refractivity contribution in [1.29, 1.82) is 0 Å². The van der Waals surface area contributed by atoms with Crippen LogP contribution in [0.15, 0.2) is 0 Å². The summed E-state index contributed by atoms with van der Waals surface area (Å²) in [6, 6.07) is 0. The zero-order valence-electron chi connectivity index (χ0n) is 8.51. The van der Waals surface area contributed by atoms with Gasteiger partial charge in [0, 0.05) is 12.5 Å². The van der Waals surface area contributed by atoms with Crippen molar-refractivity contribution in [3.8, 4) is 0 Å². The van der Waals surface area contributed by atoms with Crippen LogP contribution in [0.5, 0.6) is 0 Å². The Kier molecular flexibility index (Phi) is 4.22. The second-order valence-corrected chi connectivity index (χ2v) is 3.87. The molecule has 1 fully saturated rings. The summed E-state index contributed by atoms with van der Waals surface area (Å²) in [5, 5.41) is 2.82. The van der Waals surface area contributed by atoms with E-state index in [1.165, 1.54) is 19.3 Å². The van der Waals surface area contributed by atoms with Crippen molar-refractivity contribution >= 4 is 5.91 Å². The van der Waals surface area contributed by atoms with Crippen LogP contribution < -0.4 is 5.32 Å². The van der Waals surface area contributed by atoms with Crippen LogP contribution in [0.4, 0.5) is 0 Å². The van der Waals surface area contributed by atoms with Crippen molar-refractivity contribution in [3.63, 3.8) is 0 Å². The normalized spacial score (nSPS) is 17.2. The maximum atomic E-state index is 11.1. The van der Waals surface area contributed by atoms with Crippen LogP contribution >= 0.6 is 0 Å². The average molecular weight is 185 g/mol. The first kappa shape index (κ1) is 10.5. The fourth-order valence-electron chi connectivity index (χ4n) is 1.14. The molecule has 0 bridgehead atoms. The zero-order valence-corrected chi connectivity index (χ0v) is 8.51. The van der Waals surface area contributed by atoms with Crippen molar-refractivity contribution in [2.45, 2.75) is 39.2 Å². The molecule has 76 valence electrons. The molecule has 1 saturated carbocycles. The lowest BCUT2D eigenvalue weighted by atomic mass is 9.96. The van der Waals surface area contributed by atoms with Gasteiger partial charge in [-0.2, -0.15) is 0 Å². The number of nitrogens with one attached hydrogen (secondary N) is 1. The topological polar surface area (TPSA) is 38.3 Å². The lowest BCUT2D eigenvalue weighted by Crippen LogP contribution is -2.32. The van der Waals surface area contributed by atoms with Gasteiger partial charge in [0.2, 0.25) is 5.91 Å². The number of carbonyl (C=O) groups is 1. The summed E-state index contributed by atoms with van der Waals surface area (Å²) in [4.78, 5) is 11.1. The van der Waals surface area contributed by atoms with E-state index in [4.69, 9.17) is 4.74 Å². The highest BCUT2D eigenvalue weighted by molar-refractivity contribution is 5.77. The van der Waals surface area contributed by atoms with Gasteiger partial charge in [-0.05, 0) is 19.3 Å². The molecule has 0 aromatic rings. The first-order valence-electron chi connectivity index (χ1n) is 5.09. The van der Waals surface area contributed by atoms with E-state index in [0.29, 0.717) is 19.3 Å². The second kappa shape index (κ2) is 5.22. The van der Waals surface area contributed by atoms with Crippen molar-refractivity contribution in [1.82, 2.24) is 5.32 Å². The molecule has 0 radical (unpaired) electrons. The minimum Gasteiger partial charge on any atom is -0.376 e. The molecule has 1 N–H and O–H groups in total. The Labute approximate surface area is 79.8 Å². The Morgan fingerprint density at radius 2 is 2.23 bits per heavy atom. The standard InChI is InChI=1S/C10H19NO2/c1-8(2)10(12)11-6-7-13-9-4-3-5-9/h8-9H,3-7H2,1-2H3,(H,11,12). The minimum absolute atomic E-state index is 0.0729. The number of amides is 1. The fourth-order valence-corrected chi connectivity index (χ4v) is 1.14. The fraction of sp³-hybridized carbons (Fsp3) is 0.900. The molecular formula is C10H19NO2. The first-order valence-corrected chi connectivity index (χ1v) is 5.09. The predicted octanol–water partition coefficient (Wildman–Crippen LogP) is 1.33. The highest BCUT2D eigenvalue weighted by Gasteiger charge is 2.17. The van der Waals surface area contributed by atoms with Gasteiger partial charge >= 0.3 is 0 Å². The summed E-state index contributed by atoms with van der Waals surface area (Å²) < 4.78 is 5.49. The molecule has 0 saturated heterocycles. The van der Waals surface area contributed by atoms with Gasteiger partial charge in [-0.15, -0.1) is 0 Å². The molecule has 0 aliphatic heterocycles. The molecule has 3 heteroatoms. The summed E-state index contributed by atoms with van der Waals surface area (Å²) in [6.45, 7) is 5.08. The third-order valence-corrected chi connectivity index (χ3v) is 2.33. The molecule has 0 aromatic carbocycles. The van der Waals surface area contributed by atoms with Gasteiger partial charge < -0.3 is 10.1 Å². The summed E-state index contributed by atoms with van der Waals surface area (Å²) in [6.07, 6.45) is 4.15. The van der Waals surface area contributed by atoms with Gasteiger partial charge in [0.15, 0.2) is 0 Å². The average Bonchev–Trinajstić information content (AvgIpc) is 2.00. The monoisotopic (exact) mass is 185 g/mol. The Hall–Kier alpha value is -0.570. The van der Waals surface area contributed by atoms with E-state index < -0.39 is 0 Å². The lowest BCUT2D eigenvalue weighted by Gasteiger charge is -2.25. The summed E-state index contributed by atoms with van der Waals surface area (Å²) in [7, 11) is 0. The third-order valence-electron chi connectivity index (χ3n) is 2.33. The van der Waals surface area contributed by atoms with E-state index in [2.05, 4.69) is 5.32 Å². The van der Waals surface area contributed by atoms with Crippen LogP contribution in [0, 0.1) is 5.92 Å².